The smallest absolute Gasteiger partial charge is 0.0912 e. The van der Waals surface area contributed by atoms with Gasteiger partial charge in [0.15, 0.2) is 0 Å². The van der Waals surface area contributed by atoms with Gasteiger partial charge in [-0.2, -0.15) is 0 Å². The zero-order valence-corrected chi connectivity index (χ0v) is 12.5. The third kappa shape index (κ3) is 2.66. The average molecular weight is 288 g/mol. The first-order chi connectivity index (χ1) is 9.79. The van der Waals surface area contributed by atoms with Crippen molar-refractivity contribution >= 4 is 11.3 Å². The molecule has 0 radical (unpaired) electrons. The van der Waals surface area contributed by atoms with Crippen molar-refractivity contribution in [2.45, 2.75) is 38.4 Å². The number of aliphatic hydroxyl groups excluding tert-OH is 1. The maximum atomic E-state index is 10.5. The van der Waals surface area contributed by atoms with Crippen molar-refractivity contribution < 1.29 is 9.84 Å². The summed E-state index contributed by atoms with van der Waals surface area (Å²) in [6, 6.07) is 10.5. The molecule has 0 fully saturated rings. The molecule has 1 aliphatic heterocycles. The van der Waals surface area contributed by atoms with Crippen LogP contribution in [0.1, 0.15) is 47.1 Å². The molecule has 0 amide bonds. The van der Waals surface area contributed by atoms with Gasteiger partial charge in [-0.25, -0.2) is 0 Å². The lowest BCUT2D eigenvalue weighted by atomic mass is 9.93. The number of rotatable bonds is 4. The highest BCUT2D eigenvalue weighted by Gasteiger charge is 2.25. The Morgan fingerprint density at radius 1 is 1.35 bits per heavy atom. The Hall–Kier alpha value is -1.16. The fourth-order valence-electron chi connectivity index (χ4n) is 2.91. The summed E-state index contributed by atoms with van der Waals surface area (Å²) in [5, 5.41) is 12.6. The molecule has 2 unspecified atom stereocenters. The van der Waals surface area contributed by atoms with E-state index >= 15 is 0 Å². The van der Waals surface area contributed by atoms with Crippen molar-refractivity contribution in [3.05, 3.63) is 57.3 Å². The van der Waals surface area contributed by atoms with E-state index in [1.165, 1.54) is 16.7 Å². The van der Waals surface area contributed by atoms with Crippen LogP contribution in [0.3, 0.4) is 0 Å². The Morgan fingerprint density at radius 3 is 3.05 bits per heavy atom. The molecule has 2 heterocycles. The molecule has 2 atom stereocenters. The molecule has 1 aromatic heterocycles. The maximum Gasteiger partial charge on any atom is 0.0912 e. The standard InChI is InChI=1S/C17H20O2S/c1-2-12-8-10-20-17(12)15(18)11-16-14-6-4-3-5-13(14)7-9-19-16/h3-6,8,10,15-16,18H,2,7,9,11H2,1H3. The van der Waals surface area contributed by atoms with E-state index < -0.39 is 6.10 Å². The van der Waals surface area contributed by atoms with E-state index in [1.54, 1.807) is 11.3 Å². The Bertz CT molecular complexity index is 576. The first kappa shape index (κ1) is 13.8. The highest BCUT2D eigenvalue weighted by Crippen LogP contribution is 2.36. The van der Waals surface area contributed by atoms with Gasteiger partial charge in [-0.05, 0) is 41.0 Å². The molecule has 0 spiro atoms. The van der Waals surface area contributed by atoms with Crippen molar-refractivity contribution in [3.63, 3.8) is 0 Å². The van der Waals surface area contributed by atoms with E-state index in [2.05, 4.69) is 42.6 Å². The zero-order valence-electron chi connectivity index (χ0n) is 11.7. The number of hydrogen-bond acceptors (Lipinski definition) is 3. The van der Waals surface area contributed by atoms with Gasteiger partial charge in [-0.3, -0.25) is 0 Å². The largest absolute Gasteiger partial charge is 0.387 e. The Kier molecular flexibility index (Phi) is 4.20. The van der Waals surface area contributed by atoms with E-state index in [9.17, 15) is 5.11 Å². The summed E-state index contributed by atoms with van der Waals surface area (Å²) in [4.78, 5) is 1.10. The molecule has 2 nitrogen and oxygen atoms in total. The molecule has 0 aliphatic carbocycles. The molecule has 1 aliphatic rings. The molecule has 0 bridgehead atoms. The molecule has 2 aromatic rings. The molecule has 0 saturated heterocycles. The number of aliphatic hydroxyl groups is 1. The number of hydrogen-bond donors (Lipinski definition) is 1. The second-order valence-corrected chi connectivity index (χ2v) is 6.17. The highest BCUT2D eigenvalue weighted by atomic mass is 32.1. The summed E-state index contributed by atoms with van der Waals surface area (Å²) >= 11 is 1.65. The van der Waals surface area contributed by atoms with Crippen molar-refractivity contribution in [1.29, 1.82) is 0 Å². The van der Waals surface area contributed by atoms with Crippen LogP contribution in [0.4, 0.5) is 0 Å². The van der Waals surface area contributed by atoms with E-state index in [0.29, 0.717) is 6.42 Å². The first-order valence-electron chi connectivity index (χ1n) is 7.23. The van der Waals surface area contributed by atoms with Gasteiger partial charge in [0.1, 0.15) is 0 Å². The SMILES string of the molecule is CCc1ccsc1C(O)CC1OCCc2ccccc21. The van der Waals surface area contributed by atoms with Crippen LogP contribution in [0.2, 0.25) is 0 Å². The van der Waals surface area contributed by atoms with Gasteiger partial charge in [0.2, 0.25) is 0 Å². The summed E-state index contributed by atoms with van der Waals surface area (Å²) in [5.74, 6) is 0. The quantitative estimate of drug-likeness (QED) is 0.919. The number of benzene rings is 1. The van der Waals surface area contributed by atoms with E-state index in [1.807, 2.05) is 0 Å². The lowest BCUT2D eigenvalue weighted by Gasteiger charge is -2.27. The van der Waals surface area contributed by atoms with Crippen LogP contribution in [-0.2, 0) is 17.6 Å². The van der Waals surface area contributed by atoms with E-state index in [0.717, 1.165) is 24.3 Å². The second kappa shape index (κ2) is 6.08. The van der Waals surface area contributed by atoms with Crippen molar-refractivity contribution in [2.24, 2.45) is 0 Å². The van der Waals surface area contributed by atoms with Crippen LogP contribution in [0.25, 0.3) is 0 Å². The third-order valence-corrected chi connectivity index (χ3v) is 5.05. The summed E-state index contributed by atoms with van der Waals surface area (Å²) in [7, 11) is 0. The summed E-state index contributed by atoms with van der Waals surface area (Å²) in [6.07, 6.45) is 2.17. The Morgan fingerprint density at radius 2 is 2.20 bits per heavy atom. The van der Waals surface area contributed by atoms with Crippen molar-refractivity contribution in [3.8, 4) is 0 Å². The highest BCUT2D eigenvalue weighted by molar-refractivity contribution is 7.10. The minimum absolute atomic E-state index is 0.0155. The fraction of sp³-hybridized carbons (Fsp3) is 0.412. The second-order valence-electron chi connectivity index (χ2n) is 5.22. The van der Waals surface area contributed by atoms with Crippen LogP contribution in [-0.4, -0.2) is 11.7 Å². The first-order valence-corrected chi connectivity index (χ1v) is 8.11. The normalized spacial score (nSPS) is 19.6. The van der Waals surface area contributed by atoms with Gasteiger partial charge in [0, 0.05) is 11.3 Å². The lowest BCUT2D eigenvalue weighted by molar-refractivity contribution is 0.00442. The summed E-state index contributed by atoms with van der Waals surface area (Å²) < 4.78 is 5.89. The molecule has 1 aromatic carbocycles. The number of fused-ring (bicyclic) bond motifs is 1. The molecule has 3 heteroatoms. The van der Waals surface area contributed by atoms with Gasteiger partial charge in [-0.1, -0.05) is 31.2 Å². The fourth-order valence-corrected chi connectivity index (χ4v) is 3.91. The van der Waals surface area contributed by atoms with Crippen LogP contribution in [0.15, 0.2) is 35.7 Å². The van der Waals surface area contributed by atoms with Gasteiger partial charge in [-0.15, -0.1) is 11.3 Å². The van der Waals surface area contributed by atoms with Gasteiger partial charge in [0.25, 0.3) is 0 Å². The van der Waals surface area contributed by atoms with Crippen LogP contribution in [0.5, 0.6) is 0 Å². The predicted octanol–water partition coefficient (Wildman–Crippen LogP) is 4.05. The number of aryl methyl sites for hydroxylation is 1. The van der Waals surface area contributed by atoms with Crippen LogP contribution in [0, 0.1) is 0 Å². The number of thiophene rings is 1. The topological polar surface area (TPSA) is 29.5 Å². The minimum Gasteiger partial charge on any atom is -0.387 e. The van der Waals surface area contributed by atoms with E-state index in [-0.39, 0.29) is 6.10 Å². The van der Waals surface area contributed by atoms with Crippen LogP contribution >= 0.6 is 11.3 Å². The lowest BCUT2D eigenvalue weighted by Crippen LogP contribution is -2.18. The Balaban J connectivity index is 1.79. The Labute approximate surface area is 124 Å². The molecule has 1 N–H and O–H groups in total. The monoisotopic (exact) mass is 288 g/mol. The van der Waals surface area contributed by atoms with E-state index in [4.69, 9.17) is 4.74 Å². The van der Waals surface area contributed by atoms with Gasteiger partial charge < -0.3 is 9.84 Å². The molecular weight excluding hydrogens is 268 g/mol. The minimum atomic E-state index is -0.430. The number of ether oxygens (including phenoxy) is 1. The van der Waals surface area contributed by atoms with Gasteiger partial charge >= 0.3 is 0 Å². The predicted molar refractivity (Wildman–Crippen MR) is 82.1 cm³/mol. The van der Waals surface area contributed by atoms with Crippen molar-refractivity contribution in [2.75, 3.05) is 6.61 Å². The summed E-state index contributed by atoms with van der Waals surface area (Å²) in [5.41, 5.74) is 3.86. The third-order valence-electron chi connectivity index (χ3n) is 3.99. The maximum absolute atomic E-state index is 10.5. The van der Waals surface area contributed by atoms with Gasteiger partial charge in [0.05, 0.1) is 18.8 Å². The molecule has 20 heavy (non-hydrogen) atoms. The van der Waals surface area contributed by atoms with Crippen molar-refractivity contribution in [1.82, 2.24) is 0 Å². The molecule has 106 valence electrons. The molecule has 0 saturated carbocycles. The average Bonchev–Trinajstić information content (AvgIpc) is 2.96. The van der Waals surface area contributed by atoms with Crippen LogP contribution < -0.4 is 0 Å². The molecular formula is C17H20O2S. The zero-order chi connectivity index (χ0) is 13.9. The summed E-state index contributed by atoms with van der Waals surface area (Å²) in [6.45, 7) is 2.88. The molecule has 3 rings (SSSR count).